The Morgan fingerprint density at radius 2 is 1.81 bits per heavy atom. The van der Waals surface area contributed by atoms with Gasteiger partial charge in [0, 0.05) is 19.0 Å². The predicted octanol–water partition coefficient (Wildman–Crippen LogP) is 1.17. The van der Waals surface area contributed by atoms with Gasteiger partial charge in [-0.2, -0.15) is 0 Å². The second-order valence-corrected chi connectivity index (χ2v) is 5.05. The number of hydrogen-bond donors (Lipinski definition) is 3. The van der Waals surface area contributed by atoms with Crippen molar-refractivity contribution in [3.63, 3.8) is 0 Å². The zero-order valence-corrected chi connectivity index (χ0v) is 11.6. The minimum absolute atomic E-state index is 0.00214. The van der Waals surface area contributed by atoms with Gasteiger partial charge in [0.05, 0.1) is 11.1 Å². The van der Waals surface area contributed by atoms with E-state index in [1.807, 2.05) is 0 Å². The van der Waals surface area contributed by atoms with E-state index in [-0.39, 0.29) is 17.0 Å². The van der Waals surface area contributed by atoms with E-state index in [9.17, 15) is 14.4 Å². The van der Waals surface area contributed by atoms with Gasteiger partial charge in [-0.05, 0) is 31.4 Å². The predicted molar refractivity (Wildman–Crippen MR) is 76.1 cm³/mol. The van der Waals surface area contributed by atoms with E-state index in [4.69, 9.17) is 5.11 Å². The summed E-state index contributed by atoms with van der Waals surface area (Å²) in [7, 11) is 0. The lowest BCUT2D eigenvalue weighted by Gasteiger charge is -2.07. The van der Waals surface area contributed by atoms with Crippen molar-refractivity contribution in [2.75, 3.05) is 6.54 Å². The number of benzene rings is 1. The number of hydrogen-bond acceptors (Lipinski definition) is 3. The first kappa shape index (κ1) is 15.0. The van der Waals surface area contributed by atoms with Crippen molar-refractivity contribution in [3.05, 3.63) is 35.4 Å². The lowest BCUT2D eigenvalue weighted by molar-refractivity contribution is -0.121. The van der Waals surface area contributed by atoms with Crippen LogP contribution in [0.1, 0.15) is 46.4 Å². The van der Waals surface area contributed by atoms with Crippen molar-refractivity contribution in [3.8, 4) is 0 Å². The van der Waals surface area contributed by atoms with Crippen LogP contribution in [0, 0.1) is 0 Å². The first-order valence-electron chi connectivity index (χ1n) is 6.98. The van der Waals surface area contributed by atoms with E-state index >= 15 is 0 Å². The molecule has 3 N–H and O–H groups in total. The van der Waals surface area contributed by atoms with Crippen LogP contribution < -0.4 is 10.6 Å². The molecule has 1 aliphatic rings. The minimum Gasteiger partial charge on any atom is -0.478 e. The van der Waals surface area contributed by atoms with Crippen LogP contribution in [-0.4, -0.2) is 35.5 Å². The fourth-order valence-electron chi connectivity index (χ4n) is 1.94. The average molecular weight is 290 g/mol. The highest BCUT2D eigenvalue weighted by Crippen LogP contribution is 2.18. The molecule has 1 aliphatic carbocycles. The van der Waals surface area contributed by atoms with Gasteiger partial charge in [-0.25, -0.2) is 4.79 Å². The van der Waals surface area contributed by atoms with Crippen molar-refractivity contribution in [2.45, 2.75) is 31.7 Å². The molecule has 6 nitrogen and oxygen atoms in total. The number of amides is 2. The molecular formula is C15H18N2O4. The highest BCUT2D eigenvalue weighted by Gasteiger charge is 2.22. The first-order chi connectivity index (χ1) is 10.1. The van der Waals surface area contributed by atoms with Crippen LogP contribution >= 0.6 is 0 Å². The van der Waals surface area contributed by atoms with E-state index < -0.39 is 11.9 Å². The lowest BCUT2D eigenvalue weighted by Crippen LogP contribution is -2.29. The maximum absolute atomic E-state index is 11.9. The minimum atomic E-state index is -1.13. The van der Waals surface area contributed by atoms with Crippen LogP contribution in [0.15, 0.2) is 24.3 Å². The molecule has 0 saturated heterocycles. The molecule has 0 atom stereocenters. The van der Waals surface area contributed by atoms with Crippen molar-refractivity contribution in [1.29, 1.82) is 0 Å². The molecule has 21 heavy (non-hydrogen) atoms. The van der Waals surface area contributed by atoms with Gasteiger partial charge < -0.3 is 15.7 Å². The largest absolute Gasteiger partial charge is 0.478 e. The summed E-state index contributed by atoms with van der Waals surface area (Å²) in [6.07, 6.45) is 2.99. The Labute approximate surface area is 122 Å². The molecular weight excluding hydrogens is 272 g/mol. The lowest BCUT2D eigenvalue weighted by atomic mass is 10.1. The number of nitrogens with one attached hydrogen (secondary N) is 2. The number of carbonyl (C=O) groups excluding carboxylic acids is 2. The van der Waals surface area contributed by atoms with E-state index in [0.717, 1.165) is 12.8 Å². The monoisotopic (exact) mass is 290 g/mol. The number of aromatic carboxylic acids is 1. The molecule has 0 bridgehead atoms. The highest BCUT2D eigenvalue weighted by molar-refractivity contribution is 6.04. The maximum Gasteiger partial charge on any atom is 0.336 e. The molecule has 0 spiro atoms. The Kier molecular flexibility index (Phi) is 4.92. The normalized spacial score (nSPS) is 13.5. The summed E-state index contributed by atoms with van der Waals surface area (Å²) >= 11 is 0. The van der Waals surface area contributed by atoms with Crippen molar-refractivity contribution in [1.82, 2.24) is 10.6 Å². The Morgan fingerprint density at radius 1 is 1.14 bits per heavy atom. The number of carboxylic acid groups (broad SMARTS) is 1. The molecule has 1 fully saturated rings. The molecule has 112 valence electrons. The molecule has 0 heterocycles. The quantitative estimate of drug-likeness (QED) is 0.657. The van der Waals surface area contributed by atoms with E-state index in [0.29, 0.717) is 25.4 Å². The highest BCUT2D eigenvalue weighted by atomic mass is 16.4. The molecule has 1 aromatic rings. The van der Waals surface area contributed by atoms with Crippen LogP contribution in [0.2, 0.25) is 0 Å². The van der Waals surface area contributed by atoms with Crippen LogP contribution in [0.5, 0.6) is 0 Å². The SMILES string of the molecule is O=C(CCCNC(=O)c1ccccc1C(=O)O)NC1CC1. The summed E-state index contributed by atoms with van der Waals surface area (Å²) in [5.41, 5.74) is 0.105. The summed E-state index contributed by atoms with van der Waals surface area (Å²) in [4.78, 5) is 34.4. The average Bonchev–Trinajstić information content (AvgIpc) is 3.27. The van der Waals surface area contributed by atoms with Gasteiger partial charge in [-0.3, -0.25) is 9.59 Å². The van der Waals surface area contributed by atoms with E-state index in [1.165, 1.54) is 12.1 Å². The molecule has 0 unspecified atom stereocenters. The van der Waals surface area contributed by atoms with Gasteiger partial charge in [0.1, 0.15) is 0 Å². The van der Waals surface area contributed by atoms with Crippen LogP contribution in [0.25, 0.3) is 0 Å². The van der Waals surface area contributed by atoms with Crippen molar-refractivity contribution >= 4 is 17.8 Å². The third-order valence-corrected chi connectivity index (χ3v) is 3.21. The number of carbonyl (C=O) groups is 3. The van der Waals surface area contributed by atoms with Gasteiger partial charge in [0.25, 0.3) is 5.91 Å². The molecule has 6 heteroatoms. The summed E-state index contributed by atoms with van der Waals surface area (Å²) in [6, 6.07) is 6.39. The molecule has 0 aromatic heterocycles. The zero-order valence-electron chi connectivity index (χ0n) is 11.6. The van der Waals surface area contributed by atoms with E-state index in [2.05, 4.69) is 10.6 Å². The number of carboxylic acids is 1. The molecule has 1 aromatic carbocycles. The summed E-state index contributed by atoms with van der Waals surface area (Å²) in [5, 5.41) is 14.5. The van der Waals surface area contributed by atoms with Crippen LogP contribution in [0.4, 0.5) is 0 Å². The Hall–Kier alpha value is -2.37. The van der Waals surface area contributed by atoms with E-state index in [1.54, 1.807) is 12.1 Å². The Balaban J connectivity index is 1.76. The summed E-state index contributed by atoms with van der Waals surface area (Å²) < 4.78 is 0. The third-order valence-electron chi connectivity index (χ3n) is 3.21. The Morgan fingerprint density at radius 3 is 2.43 bits per heavy atom. The number of rotatable bonds is 7. The zero-order chi connectivity index (χ0) is 15.2. The van der Waals surface area contributed by atoms with Crippen LogP contribution in [-0.2, 0) is 4.79 Å². The second-order valence-electron chi connectivity index (χ2n) is 5.05. The van der Waals surface area contributed by atoms with Crippen LogP contribution in [0.3, 0.4) is 0 Å². The summed E-state index contributed by atoms with van der Waals surface area (Å²) in [6.45, 7) is 0.338. The van der Waals surface area contributed by atoms with Gasteiger partial charge >= 0.3 is 5.97 Å². The smallest absolute Gasteiger partial charge is 0.336 e. The summed E-state index contributed by atoms with van der Waals surface area (Å²) in [5.74, 6) is -1.57. The standard InChI is InChI=1S/C15H18N2O4/c18-13(17-10-7-8-10)6-3-9-16-14(19)11-4-1-2-5-12(11)15(20)21/h1-2,4-5,10H,3,6-9H2,(H,16,19)(H,17,18)(H,20,21). The van der Waals surface area contributed by atoms with Gasteiger partial charge in [0.2, 0.25) is 5.91 Å². The molecule has 2 amide bonds. The van der Waals surface area contributed by atoms with Crippen molar-refractivity contribution < 1.29 is 19.5 Å². The fourth-order valence-corrected chi connectivity index (χ4v) is 1.94. The van der Waals surface area contributed by atoms with Gasteiger partial charge in [-0.1, -0.05) is 12.1 Å². The van der Waals surface area contributed by atoms with Gasteiger partial charge in [-0.15, -0.1) is 0 Å². The fraction of sp³-hybridized carbons (Fsp3) is 0.400. The topological polar surface area (TPSA) is 95.5 Å². The molecule has 2 rings (SSSR count). The van der Waals surface area contributed by atoms with Crippen molar-refractivity contribution in [2.24, 2.45) is 0 Å². The maximum atomic E-state index is 11.9. The Bertz CT molecular complexity index is 552. The molecule has 0 aliphatic heterocycles. The molecule has 0 radical (unpaired) electrons. The third kappa shape index (κ3) is 4.59. The first-order valence-corrected chi connectivity index (χ1v) is 6.98. The second kappa shape index (κ2) is 6.88. The molecule has 1 saturated carbocycles. The van der Waals surface area contributed by atoms with Gasteiger partial charge in [0.15, 0.2) is 0 Å².